The van der Waals surface area contributed by atoms with Crippen molar-refractivity contribution in [2.75, 3.05) is 6.54 Å². The molecule has 1 atom stereocenters. The molecule has 0 fully saturated rings. The molecule has 1 amide bonds. The van der Waals surface area contributed by atoms with Crippen LogP contribution in [0.15, 0.2) is 59.5 Å². The third kappa shape index (κ3) is 5.91. The van der Waals surface area contributed by atoms with Crippen LogP contribution in [0.4, 0.5) is 0 Å². The predicted octanol–water partition coefficient (Wildman–Crippen LogP) is 3.68. The molecule has 0 aromatic heterocycles. The predicted molar refractivity (Wildman–Crippen MR) is 96.0 cm³/mol. The lowest BCUT2D eigenvalue weighted by Gasteiger charge is -2.12. The van der Waals surface area contributed by atoms with Crippen molar-refractivity contribution in [3.63, 3.8) is 0 Å². The summed E-state index contributed by atoms with van der Waals surface area (Å²) in [6.45, 7) is 1.80. The summed E-state index contributed by atoms with van der Waals surface area (Å²) in [6.07, 6.45) is 0. The van der Waals surface area contributed by atoms with Gasteiger partial charge in [0.25, 0.3) is 0 Å². The van der Waals surface area contributed by atoms with Gasteiger partial charge >= 0.3 is 5.97 Å². The number of hydrogen-bond donors (Lipinski definition) is 1. The van der Waals surface area contributed by atoms with Crippen molar-refractivity contribution >= 4 is 35.2 Å². The van der Waals surface area contributed by atoms with Gasteiger partial charge in [-0.15, -0.1) is 11.8 Å². The van der Waals surface area contributed by atoms with Gasteiger partial charge in [0, 0.05) is 4.90 Å². The molecule has 0 aliphatic rings. The van der Waals surface area contributed by atoms with Gasteiger partial charge in [-0.25, -0.2) is 0 Å². The summed E-state index contributed by atoms with van der Waals surface area (Å²) >= 11 is 7.42. The van der Waals surface area contributed by atoms with Gasteiger partial charge in [-0.05, 0) is 24.6 Å². The molecule has 0 spiro atoms. The maximum Gasteiger partial charge on any atom is 0.325 e. The Labute approximate surface area is 150 Å². The first-order valence-electron chi connectivity index (χ1n) is 7.44. The van der Waals surface area contributed by atoms with E-state index in [-0.39, 0.29) is 24.3 Å². The molecule has 6 heteroatoms. The molecule has 0 aliphatic carbocycles. The molecule has 0 saturated heterocycles. The Morgan fingerprint density at radius 2 is 1.79 bits per heavy atom. The molecule has 0 heterocycles. The Morgan fingerprint density at radius 1 is 1.12 bits per heavy atom. The van der Waals surface area contributed by atoms with Gasteiger partial charge in [0.1, 0.15) is 13.2 Å². The lowest BCUT2D eigenvalue weighted by Crippen LogP contribution is -2.35. The highest BCUT2D eigenvalue weighted by atomic mass is 35.5. The van der Waals surface area contributed by atoms with Gasteiger partial charge in [0.05, 0.1) is 10.3 Å². The maximum atomic E-state index is 12.1. The Balaban J connectivity index is 1.73. The average molecular weight is 364 g/mol. The highest BCUT2D eigenvalue weighted by molar-refractivity contribution is 8.00. The molecular formula is C18H18ClNO3S. The molecule has 2 rings (SSSR count). The number of thioether (sulfide) groups is 1. The summed E-state index contributed by atoms with van der Waals surface area (Å²) in [5.74, 6) is -0.710. The molecule has 126 valence electrons. The normalized spacial score (nSPS) is 11.6. The van der Waals surface area contributed by atoms with E-state index in [1.807, 2.05) is 48.5 Å². The van der Waals surface area contributed by atoms with Crippen LogP contribution in [0.25, 0.3) is 0 Å². The number of rotatable bonds is 7. The first-order valence-corrected chi connectivity index (χ1v) is 8.70. The van der Waals surface area contributed by atoms with Crippen LogP contribution in [-0.2, 0) is 20.9 Å². The van der Waals surface area contributed by atoms with Gasteiger partial charge in [-0.3, -0.25) is 9.59 Å². The zero-order valence-corrected chi connectivity index (χ0v) is 14.8. The number of amides is 1. The molecule has 0 radical (unpaired) electrons. The summed E-state index contributed by atoms with van der Waals surface area (Å²) in [6, 6.07) is 16.7. The van der Waals surface area contributed by atoms with Crippen LogP contribution >= 0.6 is 23.4 Å². The second-order valence-electron chi connectivity index (χ2n) is 5.05. The summed E-state index contributed by atoms with van der Waals surface area (Å²) < 4.78 is 5.11. The molecule has 4 nitrogen and oxygen atoms in total. The molecule has 0 aliphatic heterocycles. The number of halogens is 1. The minimum Gasteiger partial charge on any atom is -0.460 e. The van der Waals surface area contributed by atoms with Crippen molar-refractivity contribution < 1.29 is 14.3 Å². The summed E-state index contributed by atoms with van der Waals surface area (Å²) in [5, 5.41) is 2.81. The van der Waals surface area contributed by atoms with E-state index in [1.54, 1.807) is 13.0 Å². The standard InChI is InChI=1S/C18H18ClNO3S/c1-13(24-16-10-6-5-9-15(16)19)18(22)20-11-17(21)23-12-14-7-3-2-4-8-14/h2-10,13H,11-12H2,1H3,(H,20,22). The molecular weight excluding hydrogens is 346 g/mol. The van der Waals surface area contributed by atoms with Crippen LogP contribution in [-0.4, -0.2) is 23.7 Å². The van der Waals surface area contributed by atoms with E-state index in [4.69, 9.17) is 16.3 Å². The van der Waals surface area contributed by atoms with E-state index in [0.29, 0.717) is 5.02 Å². The number of carbonyl (C=O) groups excluding carboxylic acids is 2. The zero-order valence-electron chi connectivity index (χ0n) is 13.2. The molecule has 0 bridgehead atoms. The van der Waals surface area contributed by atoms with Crippen LogP contribution in [0.5, 0.6) is 0 Å². The first kappa shape index (κ1) is 18.4. The SMILES string of the molecule is CC(Sc1ccccc1Cl)C(=O)NCC(=O)OCc1ccccc1. The van der Waals surface area contributed by atoms with Crippen molar-refractivity contribution in [1.82, 2.24) is 5.32 Å². The summed E-state index contributed by atoms with van der Waals surface area (Å²) in [5.41, 5.74) is 0.903. The van der Waals surface area contributed by atoms with Crippen LogP contribution in [0.2, 0.25) is 5.02 Å². The van der Waals surface area contributed by atoms with Crippen LogP contribution in [0.3, 0.4) is 0 Å². The minimum atomic E-state index is -0.470. The first-order chi connectivity index (χ1) is 11.6. The van der Waals surface area contributed by atoms with Crippen LogP contribution < -0.4 is 5.32 Å². The second kappa shape index (κ2) is 9.35. The molecule has 1 N–H and O–H groups in total. The van der Waals surface area contributed by atoms with Crippen molar-refractivity contribution in [3.8, 4) is 0 Å². The van der Waals surface area contributed by atoms with E-state index in [1.165, 1.54) is 11.8 Å². The maximum absolute atomic E-state index is 12.1. The largest absolute Gasteiger partial charge is 0.460 e. The molecule has 24 heavy (non-hydrogen) atoms. The molecule has 2 aromatic carbocycles. The molecule has 1 unspecified atom stereocenters. The minimum absolute atomic E-state index is 0.154. The number of hydrogen-bond acceptors (Lipinski definition) is 4. The van der Waals surface area contributed by atoms with E-state index in [0.717, 1.165) is 10.5 Å². The Kier molecular flexibility index (Phi) is 7.15. The number of carbonyl (C=O) groups is 2. The van der Waals surface area contributed by atoms with E-state index in [9.17, 15) is 9.59 Å². The van der Waals surface area contributed by atoms with Crippen LogP contribution in [0.1, 0.15) is 12.5 Å². The molecule has 2 aromatic rings. The fourth-order valence-electron chi connectivity index (χ4n) is 1.88. The number of benzene rings is 2. The Morgan fingerprint density at radius 3 is 2.50 bits per heavy atom. The second-order valence-corrected chi connectivity index (χ2v) is 6.84. The summed E-state index contributed by atoms with van der Waals surface area (Å²) in [7, 11) is 0. The van der Waals surface area contributed by atoms with Gasteiger partial charge in [-0.2, -0.15) is 0 Å². The van der Waals surface area contributed by atoms with Gasteiger partial charge < -0.3 is 10.1 Å². The number of nitrogens with one attached hydrogen (secondary N) is 1. The monoisotopic (exact) mass is 363 g/mol. The van der Waals surface area contributed by atoms with Gasteiger partial charge in [-0.1, -0.05) is 54.1 Å². The van der Waals surface area contributed by atoms with Gasteiger partial charge in [0.2, 0.25) is 5.91 Å². The number of esters is 1. The smallest absolute Gasteiger partial charge is 0.325 e. The van der Waals surface area contributed by atoms with Crippen molar-refractivity contribution in [2.24, 2.45) is 0 Å². The quantitative estimate of drug-likeness (QED) is 0.602. The zero-order chi connectivity index (χ0) is 17.4. The molecule has 0 saturated carbocycles. The Bertz CT molecular complexity index is 694. The fraction of sp³-hybridized carbons (Fsp3) is 0.222. The third-order valence-corrected chi connectivity index (χ3v) is 4.78. The van der Waals surface area contributed by atoms with Crippen molar-refractivity contribution in [3.05, 3.63) is 65.2 Å². The lowest BCUT2D eigenvalue weighted by atomic mass is 10.2. The fourth-order valence-corrected chi connectivity index (χ4v) is 3.05. The van der Waals surface area contributed by atoms with Gasteiger partial charge in [0.15, 0.2) is 0 Å². The highest BCUT2D eigenvalue weighted by Crippen LogP contribution is 2.29. The van der Waals surface area contributed by atoms with E-state index in [2.05, 4.69) is 5.32 Å². The average Bonchev–Trinajstić information content (AvgIpc) is 2.60. The lowest BCUT2D eigenvalue weighted by molar-refractivity contribution is -0.145. The van der Waals surface area contributed by atoms with Crippen LogP contribution in [0, 0.1) is 0 Å². The van der Waals surface area contributed by atoms with Crippen molar-refractivity contribution in [2.45, 2.75) is 23.7 Å². The topological polar surface area (TPSA) is 55.4 Å². The van der Waals surface area contributed by atoms with E-state index >= 15 is 0 Å². The third-order valence-electron chi connectivity index (χ3n) is 3.16. The number of ether oxygens (including phenoxy) is 1. The van der Waals surface area contributed by atoms with Crippen molar-refractivity contribution in [1.29, 1.82) is 0 Å². The highest BCUT2D eigenvalue weighted by Gasteiger charge is 2.16. The van der Waals surface area contributed by atoms with E-state index < -0.39 is 5.97 Å². The summed E-state index contributed by atoms with van der Waals surface area (Å²) in [4.78, 5) is 24.6. The Hall–Kier alpha value is -1.98.